The van der Waals surface area contributed by atoms with Gasteiger partial charge in [-0.1, -0.05) is 140 Å². The van der Waals surface area contributed by atoms with E-state index < -0.39 is 0 Å². The van der Waals surface area contributed by atoms with Gasteiger partial charge >= 0.3 is 0 Å². The Hall–Kier alpha value is -6.94. The van der Waals surface area contributed by atoms with E-state index in [0.717, 1.165) is 17.1 Å². The van der Waals surface area contributed by atoms with Crippen molar-refractivity contribution >= 4 is 81.1 Å². The van der Waals surface area contributed by atoms with Crippen LogP contribution in [0.4, 0.5) is 17.1 Å². The van der Waals surface area contributed by atoms with Crippen molar-refractivity contribution in [2.45, 2.75) is 0 Å². The third-order valence-corrected chi connectivity index (χ3v) is 12.1. The van der Waals surface area contributed by atoms with Crippen LogP contribution in [0.15, 0.2) is 206 Å². The average molecular weight is 719 g/mol. The van der Waals surface area contributed by atoms with Gasteiger partial charge in [-0.15, -0.1) is 11.3 Å². The lowest BCUT2D eigenvalue weighted by Gasteiger charge is -2.28. The molecule has 0 radical (unpaired) electrons. The summed E-state index contributed by atoms with van der Waals surface area (Å²) in [7, 11) is 0. The molecule has 0 N–H and O–H groups in total. The van der Waals surface area contributed by atoms with Crippen LogP contribution in [0.2, 0.25) is 0 Å². The highest BCUT2D eigenvalue weighted by Crippen LogP contribution is 2.44. The van der Waals surface area contributed by atoms with Gasteiger partial charge in [0.1, 0.15) is 0 Å². The van der Waals surface area contributed by atoms with Gasteiger partial charge in [-0.25, -0.2) is 0 Å². The van der Waals surface area contributed by atoms with E-state index in [2.05, 4.69) is 216 Å². The fourth-order valence-corrected chi connectivity index (χ4v) is 9.51. The van der Waals surface area contributed by atoms with Gasteiger partial charge in [0, 0.05) is 59.0 Å². The Morgan fingerprint density at radius 1 is 0.382 bits per heavy atom. The lowest BCUT2D eigenvalue weighted by molar-refractivity contribution is 1.19. The summed E-state index contributed by atoms with van der Waals surface area (Å²) in [5.41, 5.74) is 11.8. The summed E-state index contributed by atoms with van der Waals surface area (Å²) in [6.07, 6.45) is 0. The zero-order valence-corrected chi connectivity index (χ0v) is 30.7. The van der Waals surface area contributed by atoms with Crippen LogP contribution in [0.25, 0.3) is 80.7 Å². The monoisotopic (exact) mass is 718 g/mol. The maximum absolute atomic E-state index is 2.42. The number of thiophene rings is 1. The van der Waals surface area contributed by atoms with Crippen molar-refractivity contribution in [3.63, 3.8) is 0 Å². The van der Waals surface area contributed by atoms with Crippen LogP contribution in [0.5, 0.6) is 0 Å². The number of para-hydroxylation sites is 3. The Morgan fingerprint density at radius 2 is 1.04 bits per heavy atom. The van der Waals surface area contributed by atoms with E-state index >= 15 is 0 Å². The Bertz CT molecular complexity index is 3190. The predicted molar refractivity (Wildman–Crippen MR) is 237 cm³/mol. The lowest BCUT2D eigenvalue weighted by Crippen LogP contribution is -2.11. The highest BCUT2D eigenvalue weighted by atomic mass is 32.1. The molecule has 9 aromatic carbocycles. The van der Waals surface area contributed by atoms with Crippen LogP contribution in [-0.4, -0.2) is 4.57 Å². The summed E-state index contributed by atoms with van der Waals surface area (Å²) in [6, 6.07) is 75.1. The highest BCUT2D eigenvalue weighted by Gasteiger charge is 2.19. The minimum absolute atomic E-state index is 1.11. The molecule has 2 heterocycles. The molecule has 2 aromatic heterocycles. The fourth-order valence-electron chi connectivity index (χ4n) is 8.43. The molecule has 0 bridgehead atoms. The van der Waals surface area contributed by atoms with E-state index in [9.17, 15) is 0 Å². The number of anilines is 3. The molecule has 2 nitrogen and oxygen atoms in total. The molecule has 11 aromatic rings. The first-order valence-corrected chi connectivity index (χ1v) is 19.6. The number of hydrogen-bond donors (Lipinski definition) is 0. The smallest absolute Gasteiger partial charge is 0.0619 e. The van der Waals surface area contributed by atoms with E-state index in [1.165, 1.54) is 80.7 Å². The summed E-state index contributed by atoms with van der Waals surface area (Å²) < 4.78 is 5.03. The number of benzene rings is 9. The second kappa shape index (κ2) is 12.9. The number of fused-ring (bicyclic) bond motifs is 8. The molecule has 55 heavy (non-hydrogen) atoms. The Morgan fingerprint density at radius 3 is 1.89 bits per heavy atom. The SMILES string of the molecule is c1ccc(-c2ccccc2N(c2ccc(-c3ccc4c(ccc5c6ccccc6n(-c6ccccc6)c45)c3)cc2)c2ccc3sc4ccccc4c3c2)cc1. The zero-order valence-electron chi connectivity index (χ0n) is 29.9. The first-order valence-electron chi connectivity index (χ1n) is 18.8. The zero-order chi connectivity index (χ0) is 36.3. The van der Waals surface area contributed by atoms with Gasteiger partial charge in [0.15, 0.2) is 0 Å². The van der Waals surface area contributed by atoms with Gasteiger partial charge < -0.3 is 9.47 Å². The third kappa shape index (κ3) is 5.24. The van der Waals surface area contributed by atoms with Crippen molar-refractivity contribution in [3.8, 4) is 27.9 Å². The van der Waals surface area contributed by atoms with Crippen LogP contribution in [0, 0.1) is 0 Å². The molecule has 0 unspecified atom stereocenters. The van der Waals surface area contributed by atoms with Gasteiger partial charge in [0.2, 0.25) is 0 Å². The molecule has 258 valence electrons. The van der Waals surface area contributed by atoms with Gasteiger partial charge in [-0.05, 0) is 88.8 Å². The Balaban J connectivity index is 1.04. The lowest BCUT2D eigenvalue weighted by atomic mass is 9.98. The number of rotatable bonds is 6. The molecular formula is C52H34N2S. The standard InChI is InChI=1S/C52H34N2S/c1-3-13-36(14-4-1)42-17-7-10-20-48(42)53(41-29-32-51-47(34-41)45-19-9-12-22-50(45)55-51)40-27-23-35(24-28-40)37-25-30-43-38(33-37)26-31-46-44-18-8-11-21-49(44)54(52(43)46)39-15-5-2-6-16-39/h1-34H. The molecule has 11 rings (SSSR count). The summed E-state index contributed by atoms with van der Waals surface area (Å²) >= 11 is 1.86. The molecular weight excluding hydrogens is 685 g/mol. The van der Waals surface area contributed by atoms with Crippen molar-refractivity contribution in [1.82, 2.24) is 4.57 Å². The minimum atomic E-state index is 1.11. The van der Waals surface area contributed by atoms with Crippen LogP contribution in [0.1, 0.15) is 0 Å². The quantitative estimate of drug-likeness (QED) is 0.166. The van der Waals surface area contributed by atoms with Gasteiger partial charge in [-0.2, -0.15) is 0 Å². The predicted octanol–water partition coefficient (Wildman–Crippen LogP) is 15.1. The summed E-state index contributed by atoms with van der Waals surface area (Å²) in [6.45, 7) is 0. The van der Waals surface area contributed by atoms with Crippen LogP contribution >= 0.6 is 11.3 Å². The largest absolute Gasteiger partial charge is 0.310 e. The molecule has 0 amide bonds. The summed E-state index contributed by atoms with van der Waals surface area (Å²) in [5.74, 6) is 0. The number of aromatic nitrogens is 1. The molecule has 0 aliphatic rings. The van der Waals surface area contributed by atoms with Crippen LogP contribution in [-0.2, 0) is 0 Å². The van der Waals surface area contributed by atoms with E-state index in [0.29, 0.717) is 0 Å². The molecule has 3 heteroatoms. The van der Waals surface area contributed by atoms with Crippen molar-refractivity contribution in [2.75, 3.05) is 4.90 Å². The van der Waals surface area contributed by atoms with Gasteiger partial charge in [0.25, 0.3) is 0 Å². The van der Waals surface area contributed by atoms with Crippen molar-refractivity contribution in [3.05, 3.63) is 206 Å². The first-order chi connectivity index (χ1) is 27.3. The van der Waals surface area contributed by atoms with E-state index in [1.807, 2.05) is 11.3 Å². The number of nitrogens with zero attached hydrogens (tertiary/aromatic N) is 2. The molecule has 0 aliphatic heterocycles. The topological polar surface area (TPSA) is 8.17 Å². The fraction of sp³-hybridized carbons (Fsp3) is 0. The van der Waals surface area contributed by atoms with Gasteiger partial charge in [-0.3, -0.25) is 0 Å². The summed E-state index contributed by atoms with van der Waals surface area (Å²) in [5, 5.41) is 7.60. The van der Waals surface area contributed by atoms with E-state index in [4.69, 9.17) is 0 Å². The van der Waals surface area contributed by atoms with E-state index in [1.54, 1.807) is 0 Å². The molecule has 0 spiro atoms. The minimum Gasteiger partial charge on any atom is -0.310 e. The molecule has 0 aliphatic carbocycles. The Labute approximate surface area is 323 Å². The Kier molecular flexibility index (Phi) is 7.39. The average Bonchev–Trinajstić information content (AvgIpc) is 3.80. The van der Waals surface area contributed by atoms with Crippen molar-refractivity contribution in [1.29, 1.82) is 0 Å². The van der Waals surface area contributed by atoms with Crippen molar-refractivity contribution < 1.29 is 0 Å². The third-order valence-electron chi connectivity index (χ3n) is 11.0. The maximum Gasteiger partial charge on any atom is 0.0619 e. The van der Waals surface area contributed by atoms with Crippen molar-refractivity contribution in [2.24, 2.45) is 0 Å². The van der Waals surface area contributed by atoms with E-state index in [-0.39, 0.29) is 0 Å². The molecule has 0 saturated carbocycles. The normalized spacial score (nSPS) is 11.6. The second-order valence-electron chi connectivity index (χ2n) is 14.1. The van der Waals surface area contributed by atoms with Gasteiger partial charge in [0.05, 0.1) is 16.7 Å². The molecule has 0 saturated heterocycles. The summed E-state index contributed by atoms with van der Waals surface area (Å²) in [4.78, 5) is 2.41. The number of hydrogen-bond acceptors (Lipinski definition) is 2. The van der Waals surface area contributed by atoms with Crippen LogP contribution < -0.4 is 4.90 Å². The highest BCUT2D eigenvalue weighted by molar-refractivity contribution is 7.25. The first kappa shape index (κ1) is 31.6. The molecule has 0 atom stereocenters. The van der Waals surface area contributed by atoms with Crippen LogP contribution in [0.3, 0.4) is 0 Å². The molecule has 0 fully saturated rings. The second-order valence-corrected chi connectivity index (χ2v) is 15.2. The maximum atomic E-state index is 2.42.